The molecule has 0 aliphatic carbocycles. The van der Waals surface area contributed by atoms with E-state index in [1.165, 1.54) is 51.9 Å². The molecule has 0 unspecified atom stereocenters. The Kier molecular flexibility index (Phi) is 5.07. The molecule has 2 aliphatic heterocycles. The molecule has 2 saturated heterocycles. The topological polar surface area (TPSA) is 24.5 Å². The molecular weight excluding hydrogens is 200 g/mol. The van der Waals surface area contributed by atoms with Gasteiger partial charge in [-0.3, -0.25) is 4.90 Å². The van der Waals surface area contributed by atoms with E-state index in [-0.39, 0.29) is 0 Å². The van der Waals surface area contributed by atoms with Crippen molar-refractivity contribution in [3.8, 4) is 0 Å². The second-order valence-corrected chi connectivity index (χ2v) is 5.14. The molecule has 0 aromatic carbocycles. The van der Waals surface area contributed by atoms with E-state index in [1.807, 2.05) is 0 Å². The lowest BCUT2D eigenvalue weighted by Crippen LogP contribution is -2.48. The standard InChI is InChI=1S/C13H26N2O/c1-2-15(13-4-3-7-14-10-13)11-12-5-8-16-9-6-12/h12-14H,2-11H2,1H3/t13-/m1/s1. The Bertz CT molecular complexity index is 186. The molecule has 1 N–H and O–H groups in total. The minimum atomic E-state index is 0.779. The van der Waals surface area contributed by atoms with Crippen molar-refractivity contribution in [2.45, 2.75) is 38.6 Å². The van der Waals surface area contributed by atoms with Gasteiger partial charge in [0.05, 0.1) is 0 Å². The van der Waals surface area contributed by atoms with Gasteiger partial charge in [-0.15, -0.1) is 0 Å². The maximum absolute atomic E-state index is 5.43. The molecule has 16 heavy (non-hydrogen) atoms. The average Bonchev–Trinajstić information content (AvgIpc) is 2.38. The summed E-state index contributed by atoms with van der Waals surface area (Å²) in [5.41, 5.74) is 0. The van der Waals surface area contributed by atoms with E-state index >= 15 is 0 Å². The van der Waals surface area contributed by atoms with Crippen LogP contribution in [0.15, 0.2) is 0 Å². The van der Waals surface area contributed by atoms with Crippen LogP contribution in [0.5, 0.6) is 0 Å². The zero-order valence-corrected chi connectivity index (χ0v) is 10.6. The van der Waals surface area contributed by atoms with E-state index < -0.39 is 0 Å². The Morgan fingerprint density at radius 2 is 2.06 bits per heavy atom. The monoisotopic (exact) mass is 226 g/mol. The molecule has 3 nitrogen and oxygen atoms in total. The quantitative estimate of drug-likeness (QED) is 0.786. The van der Waals surface area contributed by atoms with Gasteiger partial charge in [0.2, 0.25) is 0 Å². The van der Waals surface area contributed by atoms with Gasteiger partial charge in [0.25, 0.3) is 0 Å². The van der Waals surface area contributed by atoms with Crippen molar-refractivity contribution in [1.82, 2.24) is 10.2 Å². The maximum atomic E-state index is 5.43. The van der Waals surface area contributed by atoms with Gasteiger partial charge in [0.1, 0.15) is 0 Å². The van der Waals surface area contributed by atoms with Crippen molar-refractivity contribution in [1.29, 1.82) is 0 Å². The number of nitrogens with zero attached hydrogens (tertiary/aromatic N) is 1. The molecule has 2 heterocycles. The van der Waals surface area contributed by atoms with Crippen LogP contribution in [0.4, 0.5) is 0 Å². The fourth-order valence-corrected chi connectivity index (χ4v) is 2.94. The fourth-order valence-electron chi connectivity index (χ4n) is 2.94. The highest BCUT2D eigenvalue weighted by atomic mass is 16.5. The number of rotatable bonds is 4. The van der Waals surface area contributed by atoms with E-state index in [4.69, 9.17) is 4.74 Å². The highest BCUT2D eigenvalue weighted by Gasteiger charge is 2.23. The first kappa shape index (κ1) is 12.3. The van der Waals surface area contributed by atoms with Crippen LogP contribution in [0.1, 0.15) is 32.6 Å². The Labute approximate surface area is 99.5 Å². The van der Waals surface area contributed by atoms with Crippen LogP contribution in [0, 0.1) is 5.92 Å². The smallest absolute Gasteiger partial charge is 0.0469 e. The van der Waals surface area contributed by atoms with E-state index in [0.717, 1.165) is 25.2 Å². The Morgan fingerprint density at radius 1 is 1.25 bits per heavy atom. The van der Waals surface area contributed by atoms with Crippen molar-refractivity contribution in [3.63, 3.8) is 0 Å². The van der Waals surface area contributed by atoms with Gasteiger partial charge in [-0.1, -0.05) is 6.92 Å². The second kappa shape index (κ2) is 6.58. The van der Waals surface area contributed by atoms with Crippen LogP contribution in [0.2, 0.25) is 0 Å². The number of hydrogen-bond acceptors (Lipinski definition) is 3. The molecule has 94 valence electrons. The molecule has 3 heteroatoms. The number of ether oxygens (including phenoxy) is 1. The molecule has 2 aliphatic rings. The molecule has 0 radical (unpaired) electrons. The molecule has 1 atom stereocenters. The summed E-state index contributed by atoms with van der Waals surface area (Å²) in [7, 11) is 0. The summed E-state index contributed by atoms with van der Waals surface area (Å²) in [5.74, 6) is 0.871. The molecule has 0 saturated carbocycles. The van der Waals surface area contributed by atoms with Gasteiger partial charge in [0, 0.05) is 32.3 Å². The number of likely N-dealkylation sites (N-methyl/N-ethyl adjacent to an activating group) is 1. The summed E-state index contributed by atoms with van der Waals surface area (Å²) in [6, 6.07) is 0.779. The summed E-state index contributed by atoms with van der Waals surface area (Å²) < 4.78 is 5.43. The Balaban J connectivity index is 1.78. The first-order valence-corrected chi connectivity index (χ1v) is 6.92. The summed E-state index contributed by atoms with van der Waals surface area (Å²) in [5, 5.41) is 3.52. The number of hydrogen-bond donors (Lipinski definition) is 1. The second-order valence-electron chi connectivity index (χ2n) is 5.14. The van der Waals surface area contributed by atoms with Crippen LogP contribution in [0.3, 0.4) is 0 Å². The molecule has 0 amide bonds. The third-order valence-corrected chi connectivity index (χ3v) is 4.03. The lowest BCUT2D eigenvalue weighted by atomic mass is 9.97. The van der Waals surface area contributed by atoms with E-state index in [0.29, 0.717) is 0 Å². The van der Waals surface area contributed by atoms with Crippen LogP contribution < -0.4 is 5.32 Å². The summed E-state index contributed by atoms with van der Waals surface area (Å²) >= 11 is 0. The first-order valence-electron chi connectivity index (χ1n) is 6.92. The number of piperidine rings is 1. The van der Waals surface area contributed by atoms with Crippen LogP contribution in [-0.4, -0.2) is 50.3 Å². The summed E-state index contributed by atoms with van der Waals surface area (Å²) in [6.07, 6.45) is 5.24. The highest BCUT2D eigenvalue weighted by molar-refractivity contribution is 4.80. The van der Waals surface area contributed by atoms with E-state index in [1.54, 1.807) is 0 Å². The van der Waals surface area contributed by atoms with Crippen LogP contribution >= 0.6 is 0 Å². The Hall–Kier alpha value is -0.120. The average molecular weight is 226 g/mol. The highest BCUT2D eigenvalue weighted by Crippen LogP contribution is 2.19. The molecule has 0 spiro atoms. The zero-order chi connectivity index (χ0) is 11.2. The Morgan fingerprint density at radius 3 is 2.69 bits per heavy atom. The normalized spacial score (nSPS) is 28.5. The maximum Gasteiger partial charge on any atom is 0.0469 e. The van der Waals surface area contributed by atoms with Gasteiger partial charge in [-0.25, -0.2) is 0 Å². The zero-order valence-electron chi connectivity index (χ0n) is 10.6. The van der Waals surface area contributed by atoms with Crippen LogP contribution in [0.25, 0.3) is 0 Å². The van der Waals surface area contributed by atoms with E-state index in [9.17, 15) is 0 Å². The van der Waals surface area contributed by atoms with Crippen molar-refractivity contribution >= 4 is 0 Å². The molecule has 2 rings (SSSR count). The van der Waals surface area contributed by atoms with Crippen LogP contribution in [-0.2, 0) is 4.74 Å². The lowest BCUT2D eigenvalue weighted by Gasteiger charge is -2.37. The van der Waals surface area contributed by atoms with Gasteiger partial charge in [-0.2, -0.15) is 0 Å². The van der Waals surface area contributed by atoms with Gasteiger partial charge < -0.3 is 10.1 Å². The predicted octanol–water partition coefficient (Wildman–Crippen LogP) is 1.49. The third-order valence-electron chi connectivity index (χ3n) is 4.03. The minimum Gasteiger partial charge on any atom is -0.381 e. The van der Waals surface area contributed by atoms with Crippen molar-refractivity contribution < 1.29 is 4.74 Å². The SMILES string of the molecule is CCN(CC1CCOCC1)[C@@H]1CCCNC1. The summed E-state index contributed by atoms with van der Waals surface area (Å²) in [4.78, 5) is 2.68. The molecular formula is C13H26N2O. The largest absolute Gasteiger partial charge is 0.381 e. The number of nitrogens with one attached hydrogen (secondary N) is 1. The minimum absolute atomic E-state index is 0.779. The fraction of sp³-hybridized carbons (Fsp3) is 1.00. The molecule has 0 bridgehead atoms. The summed E-state index contributed by atoms with van der Waals surface area (Å²) in [6.45, 7) is 9.14. The van der Waals surface area contributed by atoms with Crippen molar-refractivity contribution in [2.24, 2.45) is 5.92 Å². The lowest BCUT2D eigenvalue weighted by molar-refractivity contribution is 0.0437. The molecule has 0 aromatic heterocycles. The van der Waals surface area contributed by atoms with Crippen molar-refractivity contribution in [2.75, 3.05) is 39.4 Å². The molecule has 2 fully saturated rings. The predicted molar refractivity (Wildman–Crippen MR) is 66.7 cm³/mol. The third kappa shape index (κ3) is 3.44. The van der Waals surface area contributed by atoms with Gasteiger partial charge in [0.15, 0.2) is 0 Å². The van der Waals surface area contributed by atoms with Crippen molar-refractivity contribution in [3.05, 3.63) is 0 Å². The molecule has 0 aromatic rings. The van der Waals surface area contributed by atoms with E-state index in [2.05, 4.69) is 17.1 Å². The van der Waals surface area contributed by atoms with Gasteiger partial charge in [-0.05, 0) is 44.7 Å². The van der Waals surface area contributed by atoms with Gasteiger partial charge >= 0.3 is 0 Å². The first-order chi connectivity index (χ1) is 7.90.